The van der Waals surface area contributed by atoms with Crippen LogP contribution in [-0.4, -0.2) is 23.5 Å². The second-order valence-corrected chi connectivity index (χ2v) is 4.92. The molecule has 2 fully saturated rings. The lowest BCUT2D eigenvalue weighted by molar-refractivity contribution is -0.123. The number of aliphatic hydroxyl groups is 1. The van der Waals surface area contributed by atoms with Crippen LogP contribution in [0.5, 0.6) is 0 Å². The number of carbonyl (C=O) groups excluding carboxylic acids is 2. The molecular weight excluding hydrogens is 242 g/mol. The zero-order valence-electron chi connectivity index (χ0n) is 10.5. The SMILES string of the molecule is Cc1ccc(C#CCO)cc1N1C(=O)C2CC2C1=O. The molecule has 1 aromatic rings. The Morgan fingerprint density at radius 2 is 2.00 bits per heavy atom. The van der Waals surface area contributed by atoms with E-state index in [1.807, 2.05) is 19.1 Å². The van der Waals surface area contributed by atoms with Crippen LogP contribution in [0.2, 0.25) is 0 Å². The van der Waals surface area contributed by atoms with E-state index in [-0.39, 0.29) is 30.3 Å². The minimum atomic E-state index is -0.213. The number of nitrogens with zero attached hydrogens (tertiary/aromatic N) is 1. The summed E-state index contributed by atoms with van der Waals surface area (Å²) in [7, 11) is 0. The first-order valence-electron chi connectivity index (χ1n) is 6.21. The maximum atomic E-state index is 12.1. The van der Waals surface area contributed by atoms with Gasteiger partial charge in [-0.3, -0.25) is 9.59 Å². The second-order valence-electron chi connectivity index (χ2n) is 4.92. The van der Waals surface area contributed by atoms with Crippen molar-refractivity contribution in [1.82, 2.24) is 0 Å². The fraction of sp³-hybridized carbons (Fsp3) is 0.333. The number of piperidine rings is 1. The second kappa shape index (κ2) is 4.22. The average Bonchev–Trinajstić information content (AvgIpc) is 3.15. The van der Waals surface area contributed by atoms with Crippen molar-refractivity contribution in [2.75, 3.05) is 11.5 Å². The van der Waals surface area contributed by atoms with E-state index in [4.69, 9.17) is 5.11 Å². The molecule has 1 saturated carbocycles. The largest absolute Gasteiger partial charge is 0.384 e. The molecule has 2 atom stereocenters. The van der Waals surface area contributed by atoms with Crippen molar-refractivity contribution in [3.63, 3.8) is 0 Å². The molecule has 0 spiro atoms. The van der Waals surface area contributed by atoms with Gasteiger partial charge in [-0.05, 0) is 31.0 Å². The Hall–Kier alpha value is -2.12. The number of hydrogen-bond donors (Lipinski definition) is 1. The van der Waals surface area contributed by atoms with Gasteiger partial charge in [0.2, 0.25) is 11.8 Å². The molecule has 1 aliphatic carbocycles. The predicted molar refractivity (Wildman–Crippen MR) is 69.2 cm³/mol. The number of aryl methyl sites for hydroxylation is 1. The molecule has 1 heterocycles. The molecule has 96 valence electrons. The van der Waals surface area contributed by atoms with Gasteiger partial charge < -0.3 is 5.11 Å². The lowest BCUT2D eigenvalue weighted by atomic mass is 10.1. The number of amides is 2. The molecule has 4 heteroatoms. The third kappa shape index (κ3) is 1.83. The number of hydrogen-bond acceptors (Lipinski definition) is 3. The molecule has 0 aromatic heterocycles. The van der Waals surface area contributed by atoms with Crippen molar-refractivity contribution in [3.8, 4) is 11.8 Å². The summed E-state index contributed by atoms with van der Waals surface area (Å²) in [6.45, 7) is 1.65. The zero-order valence-corrected chi connectivity index (χ0v) is 10.5. The maximum Gasteiger partial charge on any atom is 0.237 e. The monoisotopic (exact) mass is 255 g/mol. The van der Waals surface area contributed by atoms with Crippen LogP contribution in [0.4, 0.5) is 5.69 Å². The fourth-order valence-corrected chi connectivity index (χ4v) is 2.49. The summed E-state index contributed by atoms with van der Waals surface area (Å²) < 4.78 is 0. The molecule has 1 aliphatic heterocycles. The molecule has 2 unspecified atom stereocenters. The number of rotatable bonds is 1. The van der Waals surface area contributed by atoms with Crippen LogP contribution in [0.25, 0.3) is 0 Å². The van der Waals surface area contributed by atoms with Crippen LogP contribution in [0, 0.1) is 30.6 Å². The highest BCUT2D eigenvalue weighted by Crippen LogP contribution is 2.48. The molecule has 1 N–H and O–H groups in total. The molecule has 1 saturated heterocycles. The van der Waals surface area contributed by atoms with Gasteiger partial charge in [0.25, 0.3) is 0 Å². The minimum Gasteiger partial charge on any atom is -0.384 e. The van der Waals surface area contributed by atoms with Crippen LogP contribution in [0.3, 0.4) is 0 Å². The van der Waals surface area contributed by atoms with Gasteiger partial charge >= 0.3 is 0 Å². The summed E-state index contributed by atoms with van der Waals surface area (Å²) in [4.78, 5) is 25.4. The Morgan fingerprint density at radius 3 is 2.63 bits per heavy atom. The number of carbonyl (C=O) groups is 2. The number of aliphatic hydroxyl groups excluding tert-OH is 1. The standard InChI is InChI=1S/C15H13NO3/c1-9-4-5-10(3-2-6-17)7-13(9)16-14(18)11-8-12(11)15(16)19/h4-5,7,11-12,17H,6,8H2,1H3. The first-order valence-corrected chi connectivity index (χ1v) is 6.21. The van der Waals surface area contributed by atoms with Crippen molar-refractivity contribution in [3.05, 3.63) is 29.3 Å². The number of imide groups is 1. The molecule has 3 rings (SSSR count). The number of fused-ring (bicyclic) bond motifs is 1. The smallest absolute Gasteiger partial charge is 0.237 e. The lowest BCUT2D eigenvalue weighted by Gasteiger charge is -2.19. The molecule has 0 bridgehead atoms. The van der Waals surface area contributed by atoms with Gasteiger partial charge in [0, 0.05) is 5.56 Å². The maximum absolute atomic E-state index is 12.1. The quantitative estimate of drug-likeness (QED) is 0.598. The van der Waals surface area contributed by atoms with Crippen molar-refractivity contribution < 1.29 is 14.7 Å². The summed E-state index contributed by atoms with van der Waals surface area (Å²) in [5, 5.41) is 8.70. The third-order valence-corrected chi connectivity index (χ3v) is 3.63. The van der Waals surface area contributed by atoms with Gasteiger partial charge in [0.1, 0.15) is 6.61 Å². The van der Waals surface area contributed by atoms with E-state index >= 15 is 0 Å². The summed E-state index contributed by atoms with van der Waals surface area (Å²) in [5.41, 5.74) is 2.18. The lowest BCUT2D eigenvalue weighted by Crippen LogP contribution is -2.33. The summed E-state index contributed by atoms with van der Waals surface area (Å²) in [5.74, 6) is 4.97. The van der Waals surface area contributed by atoms with Gasteiger partial charge in [0.05, 0.1) is 17.5 Å². The molecule has 19 heavy (non-hydrogen) atoms. The predicted octanol–water partition coefficient (Wildman–Crippen LogP) is 0.848. The van der Waals surface area contributed by atoms with Crippen molar-refractivity contribution in [2.24, 2.45) is 11.8 Å². The minimum absolute atomic E-state index is 0.0923. The number of anilines is 1. The van der Waals surface area contributed by atoms with Gasteiger partial charge in [-0.15, -0.1) is 0 Å². The normalized spacial score (nSPS) is 24.0. The van der Waals surface area contributed by atoms with Crippen LogP contribution < -0.4 is 4.90 Å². The van der Waals surface area contributed by atoms with Crippen molar-refractivity contribution >= 4 is 17.5 Å². The van der Waals surface area contributed by atoms with Gasteiger partial charge in [-0.1, -0.05) is 17.9 Å². The molecule has 2 amide bonds. The van der Waals surface area contributed by atoms with Crippen LogP contribution in [0.1, 0.15) is 17.5 Å². The Morgan fingerprint density at radius 1 is 1.32 bits per heavy atom. The first-order chi connectivity index (χ1) is 9.13. The molecule has 0 radical (unpaired) electrons. The van der Waals surface area contributed by atoms with E-state index in [0.717, 1.165) is 5.56 Å². The molecule has 4 nitrogen and oxygen atoms in total. The van der Waals surface area contributed by atoms with E-state index in [1.165, 1.54) is 4.90 Å². The highest BCUT2D eigenvalue weighted by Gasteiger charge is 2.59. The van der Waals surface area contributed by atoms with Gasteiger partial charge in [-0.25, -0.2) is 4.90 Å². The Labute approximate surface area is 111 Å². The number of benzene rings is 1. The summed E-state index contributed by atoms with van der Waals surface area (Å²) in [6.07, 6.45) is 0.706. The van der Waals surface area contributed by atoms with E-state index < -0.39 is 0 Å². The van der Waals surface area contributed by atoms with Crippen LogP contribution >= 0.6 is 0 Å². The Kier molecular flexibility index (Phi) is 2.65. The average molecular weight is 255 g/mol. The summed E-state index contributed by atoms with van der Waals surface area (Å²) in [6, 6.07) is 5.38. The zero-order chi connectivity index (χ0) is 13.6. The summed E-state index contributed by atoms with van der Waals surface area (Å²) >= 11 is 0. The molecular formula is C15H13NO3. The molecule has 2 aliphatic rings. The Balaban J connectivity index is 2.00. The topological polar surface area (TPSA) is 57.6 Å². The van der Waals surface area contributed by atoms with Crippen LogP contribution in [-0.2, 0) is 9.59 Å². The van der Waals surface area contributed by atoms with Gasteiger partial charge in [-0.2, -0.15) is 0 Å². The van der Waals surface area contributed by atoms with E-state index in [2.05, 4.69) is 11.8 Å². The van der Waals surface area contributed by atoms with E-state index in [0.29, 0.717) is 17.7 Å². The van der Waals surface area contributed by atoms with Crippen molar-refractivity contribution in [1.29, 1.82) is 0 Å². The van der Waals surface area contributed by atoms with E-state index in [1.54, 1.807) is 6.07 Å². The van der Waals surface area contributed by atoms with Crippen LogP contribution in [0.15, 0.2) is 18.2 Å². The van der Waals surface area contributed by atoms with Crippen molar-refractivity contribution in [2.45, 2.75) is 13.3 Å². The first kappa shape index (κ1) is 11.9. The fourth-order valence-electron chi connectivity index (χ4n) is 2.49. The highest BCUT2D eigenvalue weighted by molar-refractivity contribution is 6.25. The van der Waals surface area contributed by atoms with E-state index in [9.17, 15) is 9.59 Å². The molecule has 1 aromatic carbocycles. The third-order valence-electron chi connectivity index (χ3n) is 3.63. The Bertz CT molecular complexity index is 619. The highest BCUT2D eigenvalue weighted by atomic mass is 16.2. The van der Waals surface area contributed by atoms with Gasteiger partial charge in [0.15, 0.2) is 0 Å².